The number of benzene rings is 3. The molecule has 0 saturated carbocycles. The largest absolute Gasteiger partial charge is 0.507 e. The third kappa shape index (κ3) is 4.46. The maximum absolute atomic E-state index is 13.5. The van der Waals surface area contributed by atoms with Crippen molar-refractivity contribution in [3.05, 3.63) is 83.4 Å². The highest BCUT2D eigenvalue weighted by Gasteiger charge is 2.47. The first-order chi connectivity index (χ1) is 17.7. The molecule has 1 saturated heterocycles. The van der Waals surface area contributed by atoms with Gasteiger partial charge in [0.25, 0.3) is 11.7 Å². The van der Waals surface area contributed by atoms with Crippen molar-refractivity contribution < 1.29 is 28.9 Å². The van der Waals surface area contributed by atoms with Crippen LogP contribution in [0.2, 0.25) is 0 Å². The van der Waals surface area contributed by atoms with Gasteiger partial charge in [-0.2, -0.15) is 0 Å². The molecule has 1 fully saturated rings. The Labute approximate surface area is 215 Å². The molecule has 1 unspecified atom stereocenters. The van der Waals surface area contributed by atoms with Gasteiger partial charge in [0.05, 0.1) is 17.7 Å². The monoisotopic (exact) mass is 500 g/mol. The second-order valence-corrected chi connectivity index (χ2v) is 9.39. The van der Waals surface area contributed by atoms with Crippen LogP contribution in [0.4, 0.5) is 11.4 Å². The molecule has 37 heavy (non-hydrogen) atoms. The predicted molar refractivity (Wildman–Crippen MR) is 140 cm³/mol. The maximum atomic E-state index is 13.5. The van der Waals surface area contributed by atoms with Crippen LogP contribution in [-0.4, -0.2) is 43.8 Å². The number of ether oxygens (including phenoxy) is 3. The van der Waals surface area contributed by atoms with Gasteiger partial charge in [-0.1, -0.05) is 24.3 Å². The Morgan fingerprint density at radius 3 is 2.43 bits per heavy atom. The molecule has 8 heteroatoms. The Balaban J connectivity index is 1.66. The molecule has 2 aliphatic rings. The molecule has 1 N–H and O–H groups in total. The van der Waals surface area contributed by atoms with E-state index < -0.39 is 17.7 Å². The van der Waals surface area contributed by atoms with Crippen molar-refractivity contribution in [2.75, 3.05) is 30.7 Å². The normalized spacial score (nSPS) is 18.0. The van der Waals surface area contributed by atoms with Gasteiger partial charge in [0, 0.05) is 37.1 Å². The predicted octanol–water partition coefficient (Wildman–Crippen LogP) is 4.89. The summed E-state index contributed by atoms with van der Waals surface area (Å²) in [7, 11) is 3.86. The molecular weight excluding hydrogens is 472 g/mol. The molecule has 2 aliphatic heterocycles. The van der Waals surface area contributed by atoms with Crippen LogP contribution in [-0.2, 0) is 9.59 Å². The van der Waals surface area contributed by atoms with E-state index in [1.165, 1.54) is 4.90 Å². The molecule has 0 aliphatic carbocycles. The van der Waals surface area contributed by atoms with Crippen LogP contribution < -0.4 is 24.0 Å². The summed E-state index contributed by atoms with van der Waals surface area (Å²) in [6, 6.07) is 18.6. The summed E-state index contributed by atoms with van der Waals surface area (Å²) >= 11 is 0. The van der Waals surface area contributed by atoms with Gasteiger partial charge in [0.15, 0.2) is 11.5 Å². The standard InChI is InChI=1S/C29H28N2O6/c1-17(2)37-22-7-5-6-19(14-22)27(32)25-26(18-8-10-20(11-9-18)30(3)4)31(29(34)28(25)33)21-12-13-23-24(15-21)36-16-35-23/h5-15,17,26,32H,16H2,1-4H3/b27-25+. The number of carbonyl (C=O) groups is 2. The molecule has 0 bridgehead atoms. The Kier molecular flexibility index (Phi) is 6.25. The van der Waals surface area contributed by atoms with Crippen LogP contribution in [0.15, 0.2) is 72.3 Å². The molecule has 3 aromatic carbocycles. The van der Waals surface area contributed by atoms with E-state index in [9.17, 15) is 14.7 Å². The first-order valence-corrected chi connectivity index (χ1v) is 12.0. The molecule has 0 radical (unpaired) electrons. The highest BCUT2D eigenvalue weighted by Crippen LogP contribution is 2.45. The van der Waals surface area contributed by atoms with Crippen molar-refractivity contribution in [1.82, 2.24) is 0 Å². The molecule has 0 spiro atoms. The fourth-order valence-corrected chi connectivity index (χ4v) is 4.55. The minimum atomic E-state index is -0.855. The van der Waals surface area contributed by atoms with Crippen LogP contribution in [0.3, 0.4) is 0 Å². The number of fused-ring (bicyclic) bond motifs is 1. The number of nitrogens with zero attached hydrogens (tertiary/aromatic N) is 2. The van der Waals surface area contributed by atoms with Crippen molar-refractivity contribution in [2.24, 2.45) is 0 Å². The summed E-state index contributed by atoms with van der Waals surface area (Å²) in [4.78, 5) is 30.3. The highest BCUT2D eigenvalue weighted by atomic mass is 16.7. The van der Waals surface area contributed by atoms with Crippen LogP contribution in [0.5, 0.6) is 17.2 Å². The highest BCUT2D eigenvalue weighted by molar-refractivity contribution is 6.51. The smallest absolute Gasteiger partial charge is 0.300 e. The Morgan fingerprint density at radius 2 is 1.73 bits per heavy atom. The number of Topliss-reactive ketones (excluding diaryl/α,β-unsaturated/α-hetero) is 1. The molecule has 1 amide bonds. The van der Waals surface area contributed by atoms with Crippen LogP contribution in [0.25, 0.3) is 5.76 Å². The van der Waals surface area contributed by atoms with Gasteiger partial charge in [0.2, 0.25) is 6.79 Å². The lowest BCUT2D eigenvalue weighted by molar-refractivity contribution is -0.132. The first-order valence-electron chi connectivity index (χ1n) is 12.0. The second-order valence-electron chi connectivity index (χ2n) is 9.39. The quantitative estimate of drug-likeness (QED) is 0.293. The zero-order valence-electron chi connectivity index (χ0n) is 21.1. The number of carbonyl (C=O) groups excluding carboxylic acids is 2. The summed E-state index contributed by atoms with van der Waals surface area (Å²) in [5, 5.41) is 11.4. The first kappa shape index (κ1) is 24.2. The summed E-state index contributed by atoms with van der Waals surface area (Å²) in [5.41, 5.74) is 2.49. The number of aliphatic hydroxyl groups excluding tert-OH is 1. The van der Waals surface area contributed by atoms with Crippen molar-refractivity contribution in [1.29, 1.82) is 0 Å². The van der Waals surface area contributed by atoms with Crippen LogP contribution in [0.1, 0.15) is 31.0 Å². The van der Waals surface area contributed by atoms with Gasteiger partial charge in [-0.15, -0.1) is 0 Å². The molecule has 2 heterocycles. The average Bonchev–Trinajstić information content (AvgIpc) is 3.45. The molecular formula is C29H28N2O6. The average molecular weight is 501 g/mol. The van der Waals surface area contributed by atoms with Crippen molar-refractivity contribution in [3.63, 3.8) is 0 Å². The van der Waals surface area contributed by atoms with E-state index in [-0.39, 0.29) is 24.2 Å². The van der Waals surface area contributed by atoms with Gasteiger partial charge < -0.3 is 24.2 Å². The van der Waals surface area contributed by atoms with E-state index in [2.05, 4.69) is 0 Å². The van der Waals surface area contributed by atoms with Gasteiger partial charge in [-0.25, -0.2) is 0 Å². The Bertz CT molecular complexity index is 1390. The summed E-state index contributed by atoms with van der Waals surface area (Å²) in [5.74, 6) is -0.175. The minimum absolute atomic E-state index is 0.00182. The fraction of sp³-hybridized carbons (Fsp3) is 0.241. The topological polar surface area (TPSA) is 88.5 Å². The van der Waals surface area contributed by atoms with Crippen molar-refractivity contribution >= 4 is 28.8 Å². The maximum Gasteiger partial charge on any atom is 0.300 e. The number of aliphatic hydroxyl groups is 1. The number of hydrogen-bond donors (Lipinski definition) is 1. The number of rotatable bonds is 6. The van der Waals surface area contributed by atoms with Gasteiger partial charge in [-0.05, 0) is 55.8 Å². The number of ketones is 1. The lowest BCUT2D eigenvalue weighted by Crippen LogP contribution is -2.29. The Morgan fingerprint density at radius 1 is 1.00 bits per heavy atom. The molecule has 1 atom stereocenters. The molecule has 3 aromatic rings. The molecule has 0 aromatic heterocycles. The van der Waals surface area contributed by atoms with Crippen LogP contribution in [0, 0.1) is 0 Å². The molecule has 8 nitrogen and oxygen atoms in total. The van der Waals surface area contributed by atoms with E-state index >= 15 is 0 Å². The van der Waals surface area contributed by atoms with Gasteiger partial charge in [0.1, 0.15) is 11.5 Å². The molecule has 5 rings (SSSR count). The summed E-state index contributed by atoms with van der Waals surface area (Å²) in [6.07, 6.45) is -0.0656. The zero-order chi connectivity index (χ0) is 26.3. The van der Waals surface area contributed by atoms with E-state index in [0.717, 1.165) is 5.69 Å². The van der Waals surface area contributed by atoms with Crippen molar-refractivity contribution in [3.8, 4) is 17.2 Å². The van der Waals surface area contributed by atoms with Crippen molar-refractivity contribution in [2.45, 2.75) is 26.0 Å². The van der Waals surface area contributed by atoms with Gasteiger partial charge in [-0.3, -0.25) is 14.5 Å². The van der Waals surface area contributed by atoms with E-state index in [1.807, 2.05) is 57.1 Å². The lowest BCUT2D eigenvalue weighted by Gasteiger charge is -2.26. The third-order valence-corrected chi connectivity index (χ3v) is 6.28. The van der Waals surface area contributed by atoms with Crippen LogP contribution >= 0.6 is 0 Å². The van der Waals surface area contributed by atoms with Gasteiger partial charge >= 0.3 is 0 Å². The van der Waals surface area contributed by atoms with E-state index in [1.54, 1.807) is 42.5 Å². The zero-order valence-corrected chi connectivity index (χ0v) is 21.1. The number of anilines is 2. The summed E-state index contributed by atoms with van der Waals surface area (Å²) < 4.78 is 16.7. The summed E-state index contributed by atoms with van der Waals surface area (Å²) in [6.45, 7) is 3.89. The second kappa shape index (κ2) is 9.54. The van der Waals surface area contributed by atoms with E-state index in [0.29, 0.717) is 34.1 Å². The van der Waals surface area contributed by atoms with E-state index in [4.69, 9.17) is 14.2 Å². The lowest BCUT2D eigenvalue weighted by atomic mass is 9.94. The fourth-order valence-electron chi connectivity index (χ4n) is 4.55. The number of hydrogen-bond acceptors (Lipinski definition) is 7. The number of amides is 1. The third-order valence-electron chi connectivity index (χ3n) is 6.28. The minimum Gasteiger partial charge on any atom is -0.507 e. The Hall–Kier alpha value is -4.46. The molecule has 190 valence electrons. The SMILES string of the molecule is CC(C)Oc1cccc(/C(O)=C2\C(=O)C(=O)N(c3ccc4c(c3)OCO4)C2c2ccc(N(C)C)cc2)c1.